The lowest BCUT2D eigenvalue weighted by Gasteiger charge is -2.23. The fourth-order valence-corrected chi connectivity index (χ4v) is 2.14. The summed E-state index contributed by atoms with van der Waals surface area (Å²) in [6, 6.07) is 0.620. The zero-order chi connectivity index (χ0) is 11.4. The van der Waals surface area contributed by atoms with Gasteiger partial charge in [-0.25, -0.2) is 0 Å². The van der Waals surface area contributed by atoms with Crippen molar-refractivity contribution in [3.63, 3.8) is 0 Å². The summed E-state index contributed by atoms with van der Waals surface area (Å²) in [4.78, 5) is 13.5. The minimum atomic E-state index is -0.414. The highest BCUT2D eigenvalue weighted by atomic mass is 16.3. The van der Waals surface area contributed by atoms with Crippen molar-refractivity contribution < 1.29 is 9.90 Å². The molecule has 0 bridgehead atoms. The van der Waals surface area contributed by atoms with E-state index in [4.69, 9.17) is 0 Å². The average Bonchev–Trinajstić information content (AvgIpc) is 3.07. The van der Waals surface area contributed by atoms with Gasteiger partial charge in [-0.2, -0.15) is 0 Å². The molecule has 4 heteroatoms. The summed E-state index contributed by atoms with van der Waals surface area (Å²) in [6.45, 7) is 1.94. The normalized spacial score (nSPS) is 24.3. The lowest BCUT2D eigenvalue weighted by atomic mass is 10.2. The van der Waals surface area contributed by atoms with Gasteiger partial charge in [-0.15, -0.1) is 0 Å². The minimum absolute atomic E-state index is 0.211. The van der Waals surface area contributed by atoms with E-state index < -0.39 is 6.10 Å². The zero-order valence-electron chi connectivity index (χ0n) is 9.82. The van der Waals surface area contributed by atoms with Gasteiger partial charge in [0.1, 0.15) is 0 Å². The first-order chi connectivity index (χ1) is 7.75. The maximum Gasteiger partial charge on any atom is 0.222 e. The molecule has 0 spiro atoms. The monoisotopic (exact) mass is 226 g/mol. The first-order valence-corrected chi connectivity index (χ1v) is 6.45. The Hall–Kier alpha value is -0.610. The summed E-state index contributed by atoms with van der Waals surface area (Å²) < 4.78 is 0. The lowest BCUT2D eigenvalue weighted by Crippen LogP contribution is -2.41. The van der Waals surface area contributed by atoms with E-state index in [1.54, 1.807) is 0 Å². The molecular formula is C12H22N2O2. The van der Waals surface area contributed by atoms with E-state index in [2.05, 4.69) is 5.32 Å². The molecule has 0 aromatic carbocycles. The second-order valence-electron chi connectivity index (χ2n) is 4.99. The number of likely N-dealkylation sites (tertiary alicyclic amines) is 1. The molecule has 2 rings (SSSR count). The van der Waals surface area contributed by atoms with E-state index in [1.165, 1.54) is 12.8 Å². The van der Waals surface area contributed by atoms with Crippen LogP contribution in [-0.4, -0.2) is 47.7 Å². The number of aliphatic hydroxyl groups excluding tert-OH is 1. The first-order valence-electron chi connectivity index (χ1n) is 6.45. The number of hydrogen-bond acceptors (Lipinski definition) is 3. The van der Waals surface area contributed by atoms with Crippen molar-refractivity contribution in [3.05, 3.63) is 0 Å². The molecule has 1 atom stereocenters. The summed E-state index contributed by atoms with van der Waals surface area (Å²) in [5.41, 5.74) is 0. The van der Waals surface area contributed by atoms with Gasteiger partial charge in [-0.3, -0.25) is 4.79 Å². The van der Waals surface area contributed by atoms with Crippen molar-refractivity contribution >= 4 is 5.91 Å². The minimum Gasteiger partial charge on any atom is -0.390 e. The maximum atomic E-state index is 11.7. The number of nitrogens with one attached hydrogen (secondary N) is 1. The number of amides is 1. The third-order valence-corrected chi connectivity index (χ3v) is 3.32. The van der Waals surface area contributed by atoms with Gasteiger partial charge in [-0.05, 0) is 25.7 Å². The average molecular weight is 226 g/mol. The summed E-state index contributed by atoms with van der Waals surface area (Å²) in [5, 5.41) is 13.1. The summed E-state index contributed by atoms with van der Waals surface area (Å²) in [5.74, 6) is 0.211. The molecule has 0 aromatic heterocycles. The highest BCUT2D eigenvalue weighted by Gasteiger charge is 2.23. The van der Waals surface area contributed by atoms with Crippen LogP contribution in [0.25, 0.3) is 0 Å². The third-order valence-electron chi connectivity index (χ3n) is 3.32. The second-order valence-corrected chi connectivity index (χ2v) is 4.99. The molecule has 1 heterocycles. The number of rotatable bonds is 5. The summed E-state index contributed by atoms with van der Waals surface area (Å²) in [6.07, 6.45) is 5.93. The van der Waals surface area contributed by atoms with Crippen molar-refractivity contribution in [3.8, 4) is 0 Å². The number of carbonyl (C=O) groups excluding carboxylic acids is 1. The van der Waals surface area contributed by atoms with E-state index in [0.29, 0.717) is 25.6 Å². The molecule has 0 radical (unpaired) electrons. The van der Waals surface area contributed by atoms with Crippen molar-refractivity contribution in [1.29, 1.82) is 0 Å². The Morgan fingerprint density at radius 2 is 2.19 bits per heavy atom. The van der Waals surface area contributed by atoms with Crippen LogP contribution in [0.5, 0.6) is 0 Å². The van der Waals surface area contributed by atoms with E-state index in [-0.39, 0.29) is 5.91 Å². The van der Waals surface area contributed by atoms with Crippen molar-refractivity contribution in [2.24, 2.45) is 0 Å². The predicted molar refractivity (Wildman–Crippen MR) is 62.1 cm³/mol. The van der Waals surface area contributed by atoms with Crippen LogP contribution in [-0.2, 0) is 4.79 Å². The van der Waals surface area contributed by atoms with Crippen LogP contribution in [0.2, 0.25) is 0 Å². The van der Waals surface area contributed by atoms with E-state index in [1.807, 2.05) is 4.90 Å². The molecule has 2 fully saturated rings. The number of aliphatic hydroxyl groups is 1. The largest absolute Gasteiger partial charge is 0.390 e. The van der Waals surface area contributed by atoms with Crippen molar-refractivity contribution in [1.82, 2.24) is 10.2 Å². The van der Waals surface area contributed by atoms with Crippen LogP contribution in [0.15, 0.2) is 0 Å². The van der Waals surface area contributed by atoms with Gasteiger partial charge in [0.05, 0.1) is 6.10 Å². The zero-order valence-corrected chi connectivity index (χ0v) is 9.82. The van der Waals surface area contributed by atoms with Crippen LogP contribution >= 0.6 is 0 Å². The molecular weight excluding hydrogens is 204 g/mol. The number of β-amino-alcohol motifs (C(OH)–C–C–N with tert-alkyl or cyclic N) is 1. The summed E-state index contributed by atoms with van der Waals surface area (Å²) in [7, 11) is 0. The molecule has 1 unspecified atom stereocenters. The van der Waals surface area contributed by atoms with Crippen LogP contribution in [0.1, 0.15) is 38.5 Å². The Morgan fingerprint density at radius 3 is 2.94 bits per heavy atom. The molecule has 1 saturated carbocycles. The Labute approximate surface area is 97.0 Å². The van der Waals surface area contributed by atoms with Crippen LogP contribution < -0.4 is 5.32 Å². The van der Waals surface area contributed by atoms with Crippen molar-refractivity contribution in [2.75, 3.05) is 19.6 Å². The molecule has 2 N–H and O–H groups in total. The fraction of sp³-hybridized carbons (Fsp3) is 0.917. The predicted octanol–water partition coefficient (Wildman–Crippen LogP) is 0.502. The van der Waals surface area contributed by atoms with E-state index in [0.717, 1.165) is 25.8 Å². The lowest BCUT2D eigenvalue weighted by molar-refractivity contribution is -0.132. The van der Waals surface area contributed by atoms with E-state index in [9.17, 15) is 9.90 Å². The number of carbonyl (C=O) groups is 1. The molecule has 1 saturated heterocycles. The third kappa shape index (κ3) is 3.76. The van der Waals surface area contributed by atoms with Gasteiger partial charge in [-0.1, -0.05) is 6.42 Å². The quantitative estimate of drug-likeness (QED) is 0.718. The van der Waals surface area contributed by atoms with Crippen LogP contribution in [0, 0.1) is 0 Å². The van der Waals surface area contributed by atoms with Crippen molar-refractivity contribution in [2.45, 2.75) is 50.7 Å². The molecule has 2 aliphatic rings. The Balaban J connectivity index is 1.70. The SMILES string of the molecule is O=C1CCCCCN1CC(O)CNC1CC1. The Kier molecular flexibility index (Phi) is 4.18. The first kappa shape index (κ1) is 11.9. The maximum absolute atomic E-state index is 11.7. The van der Waals surface area contributed by atoms with Gasteiger partial charge >= 0.3 is 0 Å². The topological polar surface area (TPSA) is 52.6 Å². The van der Waals surface area contributed by atoms with E-state index >= 15 is 0 Å². The molecule has 4 nitrogen and oxygen atoms in total. The van der Waals surface area contributed by atoms with Gasteiger partial charge in [0.25, 0.3) is 0 Å². The van der Waals surface area contributed by atoms with Gasteiger partial charge in [0, 0.05) is 32.1 Å². The number of nitrogens with zero attached hydrogens (tertiary/aromatic N) is 1. The molecule has 0 aromatic rings. The second kappa shape index (κ2) is 5.64. The van der Waals surface area contributed by atoms with Gasteiger partial charge in [0.2, 0.25) is 5.91 Å². The molecule has 1 aliphatic heterocycles. The Morgan fingerprint density at radius 1 is 1.38 bits per heavy atom. The fourth-order valence-electron chi connectivity index (χ4n) is 2.14. The van der Waals surface area contributed by atoms with Gasteiger partial charge in [0.15, 0.2) is 0 Å². The smallest absolute Gasteiger partial charge is 0.222 e. The van der Waals surface area contributed by atoms with Crippen LogP contribution in [0.3, 0.4) is 0 Å². The number of hydrogen-bond donors (Lipinski definition) is 2. The standard InChI is InChI=1S/C12H22N2O2/c15-11(8-13-10-5-6-10)9-14-7-3-1-2-4-12(14)16/h10-11,13,15H,1-9H2. The summed E-state index contributed by atoms with van der Waals surface area (Å²) >= 11 is 0. The highest BCUT2D eigenvalue weighted by molar-refractivity contribution is 5.76. The van der Waals surface area contributed by atoms with Crippen LogP contribution in [0.4, 0.5) is 0 Å². The molecule has 16 heavy (non-hydrogen) atoms. The Bertz CT molecular complexity index is 241. The molecule has 1 amide bonds. The van der Waals surface area contributed by atoms with Gasteiger partial charge < -0.3 is 15.3 Å². The molecule has 92 valence electrons. The highest BCUT2D eigenvalue weighted by Crippen LogP contribution is 2.18. The molecule has 1 aliphatic carbocycles.